The SMILES string of the molecule is CN=C(NCc1sccc1C)NC1CC1. The molecule has 1 aromatic rings. The third-order valence-electron chi connectivity index (χ3n) is 2.53. The standard InChI is InChI=1S/C11H17N3S/c1-8-5-6-15-10(8)7-13-11(12-2)14-9-3-4-9/h5-6,9H,3-4,7H2,1-2H3,(H2,12,13,14). The molecule has 1 aliphatic rings. The van der Waals surface area contributed by atoms with Gasteiger partial charge in [0.05, 0.1) is 6.54 Å². The highest BCUT2D eigenvalue weighted by molar-refractivity contribution is 7.10. The van der Waals surface area contributed by atoms with Crippen LogP contribution >= 0.6 is 11.3 Å². The smallest absolute Gasteiger partial charge is 0.191 e. The predicted molar refractivity (Wildman–Crippen MR) is 65.4 cm³/mol. The van der Waals surface area contributed by atoms with Gasteiger partial charge in [-0.05, 0) is 36.8 Å². The summed E-state index contributed by atoms with van der Waals surface area (Å²) in [7, 11) is 1.82. The lowest BCUT2D eigenvalue weighted by Gasteiger charge is -2.10. The molecular formula is C11H17N3S. The third-order valence-corrected chi connectivity index (χ3v) is 3.55. The van der Waals surface area contributed by atoms with Crippen LogP contribution in [0.2, 0.25) is 0 Å². The molecule has 0 radical (unpaired) electrons. The van der Waals surface area contributed by atoms with Gasteiger partial charge in [-0.3, -0.25) is 4.99 Å². The minimum absolute atomic E-state index is 0.653. The Morgan fingerprint density at radius 3 is 2.93 bits per heavy atom. The molecule has 82 valence electrons. The van der Waals surface area contributed by atoms with Gasteiger partial charge in [-0.2, -0.15) is 0 Å². The van der Waals surface area contributed by atoms with E-state index in [2.05, 4.69) is 34.0 Å². The fourth-order valence-corrected chi connectivity index (χ4v) is 2.21. The van der Waals surface area contributed by atoms with Crippen molar-refractivity contribution in [1.29, 1.82) is 0 Å². The van der Waals surface area contributed by atoms with E-state index >= 15 is 0 Å². The number of nitrogens with one attached hydrogen (secondary N) is 2. The van der Waals surface area contributed by atoms with Gasteiger partial charge in [0, 0.05) is 18.0 Å². The summed E-state index contributed by atoms with van der Waals surface area (Å²) in [5, 5.41) is 8.83. The minimum Gasteiger partial charge on any atom is -0.354 e. The first-order chi connectivity index (χ1) is 7.29. The van der Waals surface area contributed by atoms with E-state index in [1.807, 2.05) is 7.05 Å². The first-order valence-corrected chi connectivity index (χ1v) is 6.17. The van der Waals surface area contributed by atoms with Gasteiger partial charge in [-0.1, -0.05) is 0 Å². The molecule has 15 heavy (non-hydrogen) atoms. The van der Waals surface area contributed by atoms with Gasteiger partial charge in [0.1, 0.15) is 0 Å². The Morgan fingerprint density at radius 2 is 2.40 bits per heavy atom. The number of rotatable bonds is 3. The highest BCUT2D eigenvalue weighted by Crippen LogP contribution is 2.18. The van der Waals surface area contributed by atoms with Crippen LogP contribution in [0, 0.1) is 6.92 Å². The molecule has 0 amide bonds. The van der Waals surface area contributed by atoms with Crippen LogP contribution in [-0.4, -0.2) is 19.0 Å². The number of guanidine groups is 1. The molecule has 4 heteroatoms. The summed E-state index contributed by atoms with van der Waals surface area (Å²) in [5.74, 6) is 0.922. The zero-order chi connectivity index (χ0) is 10.7. The maximum Gasteiger partial charge on any atom is 0.191 e. The van der Waals surface area contributed by atoms with Gasteiger partial charge >= 0.3 is 0 Å². The minimum atomic E-state index is 0.653. The van der Waals surface area contributed by atoms with Crippen LogP contribution in [0.25, 0.3) is 0 Å². The summed E-state index contributed by atoms with van der Waals surface area (Å²) in [5.41, 5.74) is 1.36. The fraction of sp³-hybridized carbons (Fsp3) is 0.545. The molecule has 2 rings (SSSR count). The maximum absolute atomic E-state index is 4.20. The van der Waals surface area contributed by atoms with Crippen molar-refractivity contribution in [3.8, 4) is 0 Å². The summed E-state index contributed by atoms with van der Waals surface area (Å²) >= 11 is 1.79. The molecule has 0 spiro atoms. The molecule has 1 fully saturated rings. The molecule has 0 aliphatic heterocycles. The van der Waals surface area contributed by atoms with Gasteiger partial charge < -0.3 is 10.6 Å². The van der Waals surface area contributed by atoms with Crippen molar-refractivity contribution in [2.24, 2.45) is 4.99 Å². The highest BCUT2D eigenvalue weighted by Gasteiger charge is 2.21. The predicted octanol–water partition coefficient (Wildman–Crippen LogP) is 1.88. The van der Waals surface area contributed by atoms with E-state index in [4.69, 9.17) is 0 Å². The molecule has 1 aromatic heterocycles. The average molecular weight is 223 g/mol. The number of aliphatic imine (C=N–C) groups is 1. The second-order valence-electron chi connectivity index (χ2n) is 3.87. The lowest BCUT2D eigenvalue weighted by Crippen LogP contribution is -2.37. The summed E-state index contributed by atoms with van der Waals surface area (Å²) in [6, 6.07) is 2.80. The number of hydrogen-bond acceptors (Lipinski definition) is 2. The summed E-state index contributed by atoms with van der Waals surface area (Å²) in [4.78, 5) is 5.58. The monoisotopic (exact) mass is 223 g/mol. The van der Waals surface area contributed by atoms with Gasteiger partial charge in [-0.15, -0.1) is 11.3 Å². The van der Waals surface area contributed by atoms with E-state index < -0.39 is 0 Å². The van der Waals surface area contributed by atoms with Crippen LogP contribution in [0.3, 0.4) is 0 Å². The van der Waals surface area contributed by atoms with Crippen molar-refractivity contribution < 1.29 is 0 Å². The Morgan fingerprint density at radius 1 is 1.60 bits per heavy atom. The van der Waals surface area contributed by atoms with Gasteiger partial charge in [0.15, 0.2) is 5.96 Å². The van der Waals surface area contributed by atoms with E-state index in [0.717, 1.165) is 12.5 Å². The number of thiophene rings is 1. The van der Waals surface area contributed by atoms with Crippen molar-refractivity contribution in [2.45, 2.75) is 32.4 Å². The first kappa shape index (κ1) is 10.5. The Balaban J connectivity index is 1.83. The van der Waals surface area contributed by atoms with E-state index in [1.54, 1.807) is 11.3 Å². The van der Waals surface area contributed by atoms with Crippen LogP contribution in [0.5, 0.6) is 0 Å². The average Bonchev–Trinajstić information content (AvgIpc) is 2.96. The van der Waals surface area contributed by atoms with Crippen molar-refractivity contribution in [1.82, 2.24) is 10.6 Å². The molecule has 0 aromatic carbocycles. The van der Waals surface area contributed by atoms with Crippen molar-refractivity contribution >= 4 is 17.3 Å². The van der Waals surface area contributed by atoms with Gasteiger partial charge in [-0.25, -0.2) is 0 Å². The lowest BCUT2D eigenvalue weighted by molar-refractivity contribution is 0.809. The van der Waals surface area contributed by atoms with Crippen LogP contribution < -0.4 is 10.6 Å². The Bertz CT molecular complexity index is 352. The van der Waals surface area contributed by atoms with Crippen molar-refractivity contribution in [3.05, 3.63) is 21.9 Å². The number of nitrogens with zero attached hydrogens (tertiary/aromatic N) is 1. The van der Waals surface area contributed by atoms with Gasteiger partial charge in [0.25, 0.3) is 0 Å². The van der Waals surface area contributed by atoms with E-state index in [-0.39, 0.29) is 0 Å². The molecule has 0 bridgehead atoms. The molecule has 0 saturated heterocycles. The zero-order valence-corrected chi connectivity index (χ0v) is 10.0. The van der Waals surface area contributed by atoms with E-state index in [0.29, 0.717) is 6.04 Å². The van der Waals surface area contributed by atoms with Gasteiger partial charge in [0.2, 0.25) is 0 Å². The molecule has 3 nitrogen and oxygen atoms in total. The zero-order valence-electron chi connectivity index (χ0n) is 9.21. The Labute approximate surface area is 94.6 Å². The van der Waals surface area contributed by atoms with Crippen LogP contribution in [0.1, 0.15) is 23.3 Å². The topological polar surface area (TPSA) is 36.4 Å². The van der Waals surface area contributed by atoms with Crippen molar-refractivity contribution in [2.75, 3.05) is 7.05 Å². The fourth-order valence-electron chi connectivity index (χ4n) is 1.36. The largest absolute Gasteiger partial charge is 0.354 e. The molecule has 2 N–H and O–H groups in total. The lowest BCUT2D eigenvalue weighted by atomic mass is 10.3. The van der Waals surface area contributed by atoms with Crippen LogP contribution in [0.15, 0.2) is 16.4 Å². The normalized spacial score (nSPS) is 16.5. The Kier molecular flexibility index (Phi) is 3.26. The summed E-state index contributed by atoms with van der Waals surface area (Å²) in [6.07, 6.45) is 2.55. The second kappa shape index (κ2) is 4.66. The van der Waals surface area contributed by atoms with E-state index in [9.17, 15) is 0 Å². The first-order valence-electron chi connectivity index (χ1n) is 5.29. The summed E-state index contributed by atoms with van der Waals surface area (Å²) in [6.45, 7) is 3.01. The highest BCUT2D eigenvalue weighted by atomic mass is 32.1. The molecule has 1 aliphatic carbocycles. The summed E-state index contributed by atoms with van der Waals surface area (Å²) < 4.78 is 0. The van der Waals surface area contributed by atoms with E-state index in [1.165, 1.54) is 23.3 Å². The molecule has 1 heterocycles. The van der Waals surface area contributed by atoms with Crippen LogP contribution in [0.4, 0.5) is 0 Å². The quantitative estimate of drug-likeness (QED) is 0.606. The van der Waals surface area contributed by atoms with Crippen molar-refractivity contribution in [3.63, 3.8) is 0 Å². The van der Waals surface area contributed by atoms with Crippen LogP contribution in [-0.2, 0) is 6.54 Å². The molecule has 0 atom stereocenters. The second-order valence-corrected chi connectivity index (χ2v) is 4.87. The molecular weight excluding hydrogens is 206 g/mol. The maximum atomic E-state index is 4.20. The third kappa shape index (κ3) is 2.96. The number of hydrogen-bond donors (Lipinski definition) is 2. The molecule has 0 unspecified atom stereocenters. The molecule has 1 saturated carbocycles. The Hall–Kier alpha value is -1.03. The number of aryl methyl sites for hydroxylation is 1.